The molecule has 1 aliphatic rings. The van der Waals surface area contributed by atoms with Crippen molar-refractivity contribution in [3.63, 3.8) is 0 Å². The summed E-state index contributed by atoms with van der Waals surface area (Å²) in [5.74, 6) is 0. The van der Waals surface area contributed by atoms with E-state index in [0.717, 1.165) is 17.1 Å². The maximum absolute atomic E-state index is 11.2. The van der Waals surface area contributed by atoms with Crippen molar-refractivity contribution < 1.29 is 13.5 Å². The Balaban J connectivity index is 2.62. The Labute approximate surface area is 72.6 Å². The first-order chi connectivity index (χ1) is 5.42. The third kappa shape index (κ3) is 1.95. The molecular formula is C6H14N2O3S. The van der Waals surface area contributed by atoms with E-state index in [1.54, 1.807) is 0 Å². The standard InChI is InChI=1S/C6H14N2O3S/c1-8(2)12(10,11)7-6(5-9)3-4-6/h7,9H,3-5H2,1-2H3. The highest BCUT2D eigenvalue weighted by Gasteiger charge is 2.45. The minimum atomic E-state index is -3.38. The molecule has 5 nitrogen and oxygen atoms in total. The molecule has 0 heterocycles. The lowest BCUT2D eigenvalue weighted by Gasteiger charge is -2.18. The summed E-state index contributed by atoms with van der Waals surface area (Å²) < 4.78 is 26.0. The van der Waals surface area contributed by atoms with E-state index < -0.39 is 15.7 Å². The quantitative estimate of drug-likeness (QED) is 0.597. The first-order valence-corrected chi connectivity index (χ1v) is 5.18. The number of aliphatic hydroxyl groups is 1. The summed E-state index contributed by atoms with van der Waals surface area (Å²) in [4.78, 5) is 0. The van der Waals surface area contributed by atoms with Crippen LogP contribution in [0.1, 0.15) is 12.8 Å². The number of nitrogens with zero attached hydrogens (tertiary/aromatic N) is 1. The molecule has 0 aromatic carbocycles. The molecule has 1 fully saturated rings. The van der Waals surface area contributed by atoms with Crippen LogP contribution in [0.15, 0.2) is 0 Å². The molecular weight excluding hydrogens is 180 g/mol. The van der Waals surface area contributed by atoms with E-state index in [1.165, 1.54) is 14.1 Å². The average Bonchev–Trinajstić information content (AvgIpc) is 2.68. The highest BCUT2D eigenvalue weighted by Crippen LogP contribution is 2.35. The van der Waals surface area contributed by atoms with Crippen LogP contribution in [0.3, 0.4) is 0 Å². The summed E-state index contributed by atoms with van der Waals surface area (Å²) in [6.45, 7) is -0.125. The molecule has 72 valence electrons. The van der Waals surface area contributed by atoms with Crippen molar-refractivity contribution in [1.29, 1.82) is 0 Å². The molecule has 0 unspecified atom stereocenters. The van der Waals surface area contributed by atoms with Crippen LogP contribution >= 0.6 is 0 Å². The molecule has 0 bridgehead atoms. The van der Waals surface area contributed by atoms with Gasteiger partial charge in [-0.05, 0) is 12.8 Å². The molecule has 1 saturated carbocycles. The lowest BCUT2D eigenvalue weighted by atomic mass is 10.3. The normalized spacial score (nSPS) is 21.3. The van der Waals surface area contributed by atoms with Crippen molar-refractivity contribution in [3.05, 3.63) is 0 Å². The highest BCUT2D eigenvalue weighted by molar-refractivity contribution is 7.87. The van der Waals surface area contributed by atoms with Gasteiger partial charge in [0.1, 0.15) is 0 Å². The predicted octanol–water partition coefficient (Wildman–Crippen LogP) is -1.09. The van der Waals surface area contributed by atoms with E-state index in [2.05, 4.69) is 4.72 Å². The molecule has 0 radical (unpaired) electrons. The first kappa shape index (κ1) is 9.91. The van der Waals surface area contributed by atoms with Crippen molar-refractivity contribution in [2.24, 2.45) is 0 Å². The second kappa shape index (κ2) is 2.95. The van der Waals surface area contributed by atoms with Crippen molar-refractivity contribution in [2.45, 2.75) is 18.4 Å². The van der Waals surface area contributed by atoms with Gasteiger partial charge in [0.05, 0.1) is 12.1 Å². The first-order valence-electron chi connectivity index (χ1n) is 3.74. The average molecular weight is 194 g/mol. The Morgan fingerprint density at radius 2 is 2.00 bits per heavy atom. The number of hydrogen-bond donors (Lipinski definition) is 2. The van der Waals surface area contributed by atoms with E-state index in [1.807, 2.05) is 0 Å². The van der Waals surface area contributed by atoms with Crippen LogP contribution < -0.4 is 4.72 Å². The van der Waals surface area contributed by atoms with Crippen LogP contribution in [0.25, 0.3) is 0 Å². The molecule has 0 aromatic heterocycles. The summed E-state index contributed by atoms with van der Waals surface area (Å²) in [5.41, 5.74) is -0.566. The molecule has 0 spiro atoms. The van der Waals surface area contributed by atoms with Crippen LogP contribution in [-0.2, 0) is 10.2 Å². The van der Waals surface area contributed by atoms with Gasteiger partial charge in [0.2, 0.25) is 0 Å². The highest BCUT2D eigenvalue weighted by atomic mass is 32.2. The maximum atomic E-state index is 11.2. The monoisotopic (exact) mass is 194 g/mol. The number of aliphatic hydroxyl groups excluding tert-OH is 1. The van der Waals surface area contributed by atoms with Crippen LogP contribution in [0, 0.1) is 0 Å². The SMILES string of the molecule is CN(C)S(=O)(=O)NC1(CO)CC1. The minimum absolute atomic E-state index is 0.125. The number of rotatable bonds is 4. The fourth-order valence-corrected chi connectivity index (χ4v) is 1.81. The minimum Gasteiger partial charge on any atom is -0.394 e. The Bertz CT molecular complexity index is 256. The molecule has 0 aliphatic heterocycles. The van der Waals surface area contributed by atoms with Gasteiger partial charge in [0.15, 0.2) is 0 Å². The Morgan fingerprint density at radius 1 is 1.50 bits per heavy atom. The van der Waals surface area contributed by atoms with Gasteiger partial charge in [-0.2, -0.15) is 17.4 Å². The van der Waals surface area contributed by atoms with E-state index >= 15 is 0 Å². The van der Waals surface area contributed by atoms with Gasteiger partial charge in [-0.3, -0.25) is 0 Å². The lowest BCUT2D eigenvalue weighted by molar-refractivity contribution is 0.245. The number of nitrogens with one attached hydrogen (secondary N) is 1. The molecule has 0 aromatic rings. The topological polar surface area (TPSA) is 69.6 Å². The van der Waals surface area contributed by atoms with E-state index in [4.69, 9.17) is 5.11 Å². The zero-order valence-electron chi connectivity index (χ0n) is 7.24. The van der Waals surface area contributed by atoms with Gasteiger partial charge < -0.3 is 5.11 Å². The van der Waals surface area contributed by atoms with E-state index in [0.29, 0.717) is 0 Å². The zero-order chi connectivity index (χ0) is 9.41. The Hall–Kier alpha value is -0.170. The van der Waals surface area contributed by atoms with Gasteiger partial charge in [-0.25, -0.2) is 0 Å². The zero-order valence-corrected chi connectivity index (χ0v) is 8.06. The van der Waals surface area contributed by atoms with Crippen LogP contribution in [0.5, 0.6) is 0 Å². The van der Waals surface area contributed by atoms with Gasteiger partial charge >= 0.3 is 0 Å². The maximum Gasteiger partial charge on any atom is 0.279 e. The van der Waals surface area contributed by atoms with Crippen molar-refractivity contribution in [3.8, 4) is 0 Å². The van der Waals surface area contributed by atoms with Crippen molar-refractivity contribution in [2.75, 3.05) is 20.7 Å². The fraction of sp³-hybridized carbons (Fsp3) is 1.00. The van der Waals surface area contributed by atoms with Crippen LogP contribution in [0.4, 0.5) is 0 Å². The largest absolute Gasteiger partial charge is 0.394 e. The third-order valence-electron chi connectivity index (χ3n) is 1.98. The molecule has 12 heavy (non-hydrogen) atoms. The molecule has 1 rings (SSSR count). The van der Waals surface area contributed by atoms with Gasteiger partial charge in [-0.1, -0.05) is 0 Å². The Kier molecular flexibility index (Phi) is 2.44. The summed E-state index contributed by atoms with van der Waals surface area (Å²) in [5, 5.41) is 8.86. The second-order valence-electron chi connectivity index (χ2n) is 3.33. The van der Waals surface area contributed by atoms with E-state index in [9.17, 15) is 8.42 Å². The van der Waals surface area contributed by atoms with Crippen molar-refractivity contribution in [1.82, 2.24) is 9.03 Å². The number of hydrogen-bond acceptors (Lipinski definition) is 3. The van der Waals surface area contributed by atoms with E-state index in [-0.39, 0.29) is 6.61 Å². The summed E-state index contributed by atoms with van der Waals surface area (Å²) in [6.07, 6.45) is 1.44. The van der Waals surface area contributed by atoms with Gasteiger partial charge in [0, 0.05) is 14.1 Å². The fourth-order valence-electron chi connectivity index (χ4n) is 0.808. The summed E-state index contributed by atoms with van der Waals surface area (Å²) in [6, 6.07) is 0. The van der Waals surface area contributed by atoms with Crippen LogP contribution in [0.2, 0.25) is 0 Å². The molecule has 2 N–H and O–H groups in total. The smallest absolute Gasteiger partial charge is 0.279 e. The van der Waals surface area contributed by atoms with Crippen molar-refractivity contribution >= 4 is 10.2 Å². The molecule has 0 atom stereocenters. The van der Waals surface area contributed by atoms with Gasteiger partial charge in [-0.15, -0.1) is 0 Å². The molecule has 6 heteroatoms. The Morgan fingerprint density at radius 3 is 2.25 bits per heavy atom. The third-order valence-corrected chi connectivity index (χ3v) is 3.63. The molecule has 0 saturated heterocycles. The molecule has 0 amide bonds. The second-order valence-corrected chi connectivity index (χ2v) is 5.21. The predicted molar refractivity (Wildman–Crippen MR) is 44.8 cm³/mol. The van der Waals surface area contributed by atoms with Gasteiger partial charge in [0.25, 0.3) is 10.2 Å². The summed E-state index contributed by atoms with van der Waals surface area (Å²) in [7, 11) is -0.474. The lowest BCUT2D eigenvalue weighted by Crippen LogP contribution is -2.45. The molecule has 1 aliphatic carbocycles. The van der Waals surface area contributed by atoms with Crippen LogP contribution in [-0.4, -0.2) is 44.1 Å². The summed E-state index contributed by atoms with van der Waals surface area (Å²) >= 11 is 0.